The Morgan fingerprint density at radius 2 is 0.758 bits per heavy atom. The second-order valence-corrected chi connectivity index (χ2v) is 50.7. The summed E-state index contributed by atoms with van der Waals surface area (Å²) in [7, 11) is -17.6. The number of nitro groups is 1. The number of rotatable bonds is 35. The molecule has 45 heteroatoms. The van der Waals surface area contributed by atoms with Crippen LogP contribution in [-0.2, 0) is 103 Å². The average Bonchev–Trinajstić information content (AvgIpc) is 1.61. The monoisotopic (exact) mass is 1950 g/mol. The van der Waals surface area contributed by atoms with Crippen LogP contribution in [-0.4, -0.2) is 228 Å². The van der Waals surface area contributed by atoms with Gasteiger partial charge in [0.15, 0.2) is 69.7 Å². The third kappa shape index (κ3) is 30.0. The van der Waals surface area contributed by atoms with Gasteiger partial charge in [0.05, 0.1) is 62.3 Å². The Bertz CT molecular complexity index is 4930. The van der Waals surface area contributed by atoms with Crippen molar-refractivity contribution in [3.05, 3.63) is 162 Å². The van der Waals surface area contributed by atoms with Crippen LogP contribution in [0.1, 0.15) is 144 Å². The third-order valence-electron chi connectivity index (χ3n) is 21.7. The van der Waals surface area contributed by atoms with Crippen molar-refractivity contribution in [1.82, 2.24) is 30.0 Å². The van der Waals surface area contributed by atoms with Crippen LogP contribution in [0.5, 0.6) is 23.0 Å². The van der Waals surface area contributed by atoms with Gasteiger partial charge >= 0.3 is 41.1 Å². The molecule has 6 aliphatic heterocycles. The number of hydrogen-bond acceptors (Lipinski definition) is 30. The number of aliphatic hydroxyl groups is 2. The summed E-state index contributed by atoms with van der Waals surface area (Å²) in [6, 6.07) is 26.3. The molecular weight excluding hydrogens is 1830 g/mol. The van der Waals surface area contributed by atoms with E-state index in [-0.39, 0.29) is 57.1 Å². The number of esters is 3. The molecule has 730 valence electrons. The van der Waals surface area contributed by atoms with Crippen LogP contribution >= 0.6 is 23.2 Å². The number of allylic oxidation sites excluding steroid dienone is 3. The summed E-state index contributed by atoms with van der Waals surface area (Å²) in [6.07, 6.45) is -6.95. The molecule has 3 fully saturated rings. The topological polar surface area (TPSA) is 463 Å². The fraction of sp³-hybridized carbons (Fsp3) is 0.552. The van der Waals surface area contributed by atoms with Gasteiger partial charge in [-0.25, -0.2) is 26.9 Å². The van der Waals surface area contributed by atoms with Crippen LogP contribution in [0, 0.1) is 10.1 Å². The molecule has 132 heavy (non-hydrogen) atoms. The number of ketones is 3. The number of aliphatic hydroxyl groups excluding tert-OH is 2. The molecular formula is C87H123F3N7O30P3Si2. The van der Waals surface area contributed by atoms with E-state index in [0.717, 1.165) is 33.9 Å². The lowest BCUT2D eigenvalue weighted by molar-refractivity contribution is -0.384. The molecule has 0 bridgehead atoms. The molecule has 0 aromatic heterocycles. The standard InChI is InChI=1S/C29H44FN2O9PSi.C23H30FN2O9P.C18H21N2O7P.C17H28FNO5Si/c1-19(2)38-26(35)20(3)31-42(36,40-22-13-11-10-12-14-22)37-18-23-25(41-43(8,9)28(4,5)6)29(7,30)27(39-23)32-16-15-21(33)17-24(32)34;1-14(2)33-21(30)15(3)25-36(31,35-17-8-6-5-7-9-17)32-13-18-20(29)23(4,24)22(34-18)26-11-10-16(27)12-19(26)28;1-13(2)25-18(21)14(3)19-28(24,26-16-7-5-4-6-8-16)27-17-11-9-15(10-12-17)20(22)23;1-16(2,3)25(5,6)24-14-12(10-20)23-15(17(14,4)18)19-8-7-11(21)9-13(19)22/h10-16,19-20,23,25,27H,17-18H2,1-9H3,(H,31,36);5-11,14-15,18,20,22,29H,12-13H2,1-4H3,(H,25,31);4-14H,1-3H3,(H,19,24);7-8,12,14-15,20H,9-10H2,1-6H3/t20-,23+,25+,27+,29+,42-;15-,18+,20+,22+,23+,36+;14-,28?;12-,14-,15-,17-/m0001/s1. The maximum Gasteiger partial charge on any atom is 0.513 e. The number of alkyl halides is 3. The van der Waals surface area contributed by atoms with Gasteiger partial charge in [0.2, 0.25) is 17.7 Å². The molecule has 0 radical (unpaired) electrons. The fourth-order valence-corrected chi connectivity index (χ4v) is 20.0. The number of halogens is 3. The van der Waals surface area contributed by atoms with Crippen molar-refractivity contribution in [3.8, 4) is 23.0 Å². The highest BCUT2D eigenvalue weighted by molar-refractivity contribution is 7.53. The predicted molar refractivity (Wildman–Crippen MR) is 480 cm³/mol. The number of nitrogens with one attached hydrogen (secondary N) is 3. The first-order chi connectivity index (χ1) is 61.1. The Kier molecular flexibility index (Phi) is 37.9. The molecule has 0 saturated carbocycles. The zero-order chi connectivity index (χ0) is 99.0. The summed E-state index contributed by atoms with van der Waals surface area (Å²) in [5.74, 6) is -4.32. The molecule has 18 atom stereocenters. The van der Waals surface area contributed by atoms with E-state index in [9.17, 15) is 77.2 Å². The van der Waals surface area contributed by atoms with Crippen molar-refractivity contribution in [3.63, 3.8) is 0 Å². The molecule has 5 N–H and O–H groups in total. The molecule has 3 amide bonds. The number of hydrogen-bond donors (Lipinski definition) is 5. The molecule has 10 rings (SSSR count). The minimum atomic E-state index is -4.31. The van der Waals surface area contributed by atoms with Gasteiger partial charge in [-0.3, -0.25) is 77.0 Å². The van der Waals surface area contributed by atoms with Gasteiger partial charge in [0, 0.05) is 30.7 Å². The minimum absolute atomic E-state index is 0.0711. The molecule has 4 aromatic rings. The zero-order valence-electron chi connectivity index (χ0n) is 77.9. The molecule has 37 nitrogen and oxygen atoms in total. The quantitative estimate of drug-likeness (QED) is 0.00543. The zero-order valence-corrected chi connectivity index (χ0v) is 82.6. The average molecular weight is 1950 g/mol. The van der Waals surface area contributed by atoms with Crippen molar-refractivity contribution in [2.24, 2.45) is 0 Å². The second-order valence-electron chi connectivity index (χ2n) is 36.2. The highest BCUT2D eigenvalue weighted by atomic mass is 31.2. The summed E-state index contributed by atoms with van der Waals surface area (Å²) >= 11 is 0. The number of non-ortho nitro benzene ring substituents is 1. The van der Waals surface area contributed by atoms with Crippen molar-refractivity contribution in [1.29, 1.82) is 0 Å². The number of nitrogens with zero attached hydrogens (tertiary/aromatic N) is 4. The lowest BCUT2D eigenvalue weighted by atomic mass is 9.97. The molecule has 6 heterocycles. The summed E-state index contributed by atoms with van der Waals surface area (Å²) < 4.78 is 168. The third-order valence-corrected chi connectivity index (χ3v) is 35.5. The van der Waals surface area contributed by atoms with Gasteiger partial charge in [-0.15, -0.1) is 0 Å². The van der Waals surface area contributed by atoms with Crippen LogP contribution in [0.15, 0.2) is 152 Å². The van der Waals surface area contributed by atoms with E-state index in [0.29, 0.717) is 0 Å². The molecule has 3 saturated heterocycles. The van der Waals surface area contributed by atoms with Gasteiger partial charge in [0.25, 0.3) is 5.69 Å². The summed E-state index contributed by atoms with van der Waals surface area (Å²) in [6.45, 7) is 36.5. The SMILES string of the molecule is CC(C)(C)[Si](C)(C)O[C@@H]1[C@@H](CO)O[C@@H](N2C=CC(=O)CC2=O)[C@]1(C)F.CC(C)OC(=O)[C@H](C)NP(=O)(Oc1ccccc1)Oc1ccc([N+](=O)[O-])cc1.CC(C)OC(=O)[C@H](C)N[P@@](=O)(OC[C@H]1O[C@@H](N2C=CC(=O)CC2=O)[C@](C)(F)[C@@H]1O)Oc1ccccc1.CC(C)OC(=O)[C@H](C)N[P@](=O)(OC[C@H]1O[C@@H](N2C=CC(=O)CC2=O)[C@](C)(F)[C@@H]1O[Si](C)(C)C(C)(C)C)Oc1ccccc1. The first kappa shape index (κ1) is 110. The van der Waals surface area contributed by atoms with Crippen molar-refractivity contribution in [2.75, 3.05) is 19.8 Å². The Labute approximate surface area is 768 Å². The smallest absolute Gasteiger partial charge is 0.462 e. The molecule has 0 aliphatic carbocycles. The van der Waals surface area contributed by atoms with E-state index in [4.69, 9.17) is 64.4 Å². The van der Waals surface area contributed by atoms with E-state index in [1.54, 1.807) is 120 Å². The van der Waals surface area contributed by atoms with Gasteiger partial charge in [0.1, 0.15) is 77.7 Å². The van der Waals surface area contributed by atoms with Gasteiger partial charge in [-0.2, -0.15) is 15.3 Å². The van der Waals surface area contributed by atoms with E-state index in [1.165, 1.54) is 95.6 Å². The van der Waals surface area contributed by atoms with Crippen LogP contribution in [0.4, 0.5) is 18.9 Å². The summed E-state index contributed by atoms with van der Waals surface area (Å²) in [5.41, 5.74) is -6.87. The van der Waals surface area contributed by atoms with Gasteiger partial charge in [-0.1, -0.05) is 96.1 Å². The van der Waals surface area contributed by atoms with Gasteiger partial charge in [-0.05, 0) is 186 Å². The van der Waals surface area contributed by atoms with Crippen molar-refractivity contribution < 1.29 is 150 Å². The van der Waals surface area contributed by atoms with E-state index >= 15 is 13.2 Å². The molecule has 4 aromatic carbocycles. The van der Waals surface area contributed by atoms with E-state index in [1.807, 2.05) is 67.7 Å². The normalized spacial score (nSPS) is 26.0. The Morgan fingerprint density at radius 3 is 1.06 bits per heavy atom. The maximum atomic E-state index is 16.8. The van der Waals surface area contributed by atoms with Crippen molar-refractivity contribution >= 4 is 98.5 Å². The molecule has 1 unspecified atom stereocenters. The number of para-hydroxylation sites is 3. The van der Waals surface area contributed by atoms with Crippen LogP contribution in [0.3, 0.4) is 0 Å². The highest BCUT2D eigenvalue weighted by Crippen LogP contribution is 2.53. The summed E-state index contributed by atoms with van der Waals surface area (Å²) in [5, 5.41) is 38.2. The summed E-state index contributed by atoms with van der Waals surface area (Å²) in [4.78, 5) is 122. The number of benzene rings is 4. The number of amides is 3. The number of carbonyl (C=O) groups excluding carboxylic acids is 9. The van der Waals surface area contributed by atoms with Gasteiger partial charge < -0.3 is 65.6 Å². The maximum absolute atomic E-state index is 16.8. The van der Waals surface area contributed by atoms with E-state index in [2.05, 4.69) is 15.3 Å². The van der Waals surface area contributed by atoms with Crippen LogP contribution < -0.4 is 33.4 Å². The second kappa shape index (κ2) is 45.5. The first-order valence-corrected chi connectivity index (χ1v) is 53.0. The Morgan fingerprint density at radius 1 is 0.477 bits per heavy atom. The van der Waals surface area contributed by atoms with E-state index < -0.39 is 227 Å². The fourth-order valence-electron chi connectivity index (χ4n) is 12.8. The lowest BCUT2D eigenvalue weighted by Gasteiger charge is -2.42. The first-order valence-electron chi connectivity index (χ1n) is 42.5. The largest absolute Gasteiger partial charge is 0.513 e. The number of carbonyl (C=O) groups is 9. The number of ether oxygens (including phenoxy) is 6. The molecule has 0 spiro atoms. The van der Waals surface area contributed by atoms with Crippen LogP contribution in [0.25, 0.3) is 0 Å². The Hall–Kier alpha value is -9.04. The highest BCUT2D eigenvalue weighted by Gasteiger charge is 2.63. The predicted octanol–water partition coefficient (Wildman–Crippen LogP) is 13.8. The van der Waals surface area contributed by atoms with Crippen molar-refractivity contribution in [2.45, 2.75) is 289 Å². The molecule has 6 aliphatic rings. The lowest BCUT2D eigenvalue weighted by Crippen LogP contribution is -2.56. The van der Waals surface area contributed by atoms with Crippen LogP contribution in [0.2, 0.25) is 36.3 Å². The minimum Gasteiger partial charge on any atom is -0.462 e. The Balaban J connectivity index is 0.000000246. The number of nitro benzene ring substituents is 1.